The summed E-state index contributed by atoms with van der Waals surface area (Å²) in [6, 6.07) is 34.8. The van der Waals surface area contributed by atoms with Gasteiger partial charge in [0.1, 0.15) is 35.8 Å². The van der Waals surface area contributed by atoms with Crippen LogP contribution in [0.1, 0.15) is 18.9 Å². The van der Waals surface area contributed by atoms with Crippen molar-refractivity contribution in [3.8, 4) is 0 Å². The number of hydrogen-bond donors (Lipinski definition) is 1. The van der Waals surface area contributed by atoms with Crippen molar-refractivity contribution in [1.29, 1.82) is 0 Å². The molecule has 7 nitrogen and oxygen atoms in total. The zero-order chi connectivity index (χ0) is 27.0. The van der Waals surface area contributed by atoms with E-state index < -0.39 is 30.5 Å². The van der Waals surface area contributed by atoms with E-state index in [1.54, 1.807) is 6.92 Å². The number of hydrogen-bond acceptors (Lipinski definition) is 5. The summed E-state index contributed by atoms with van der Waals surface area (Å²) in [4.78, 5) is 35.9. The van der Waals surface area contributed by atoms with Crippen molar-refractivity contribution in [2.75, 3.05) is 11.9 Å². The normalized spacial score (nSPS) is 10.7. The first-order valence-corrected chi connectivity index (χ1v) is 14.2. The first-order valence-electron chi connectivity index (χ1n) is 12.2. The van der Waals surface area contributed by atoms with Crippen molar-refractivity contribution >= 4 is 46.4 Å². The molecular weight excluding hydrogens is 579 g/mol. The molecule has 0 aliphatic carbocycles. The average molecular weight is 607 g/mol. The highest BCUT2D eigenvalue weighted by Gasteiger charge is 2.46. The van der Waals surface area contributed by atoms with Crippen LogP contribution in [0, 0.1) is 10.1 Å². The number of halogens is 1. The summed E-state index contributed by atoms with van der Waals surface area (Å²) in [5.41, 5.74) is 0.967. The lowest BCUT2D eigenvalue weighted by Crippen LogP contribution is -3.00. The van der Waals surface area contributed by atoms with E-state index in [9.17, 15) is 19.7 Å². The van der Waals surface area contributed by atoms with E-state index in [4.69, 9.17) is 4.74 Å². The second kappa shape index (κ2) is 13.8. The summed E-state index contributed by atoms with van der Waals surface area (Å²) in [7, 11) is -2.40. The van der Waals surface area contributed by atoms with Gasteiger partial charge >= 0.3 is 5.97 Å². The minimum absolute atomic E-state index is 0. The zero-order valence-corrected chi connectivity index (χ0v) is 23.8. The zero-order valence-electron chi connectivity index (χ0n) is 21.3. The molecule has 0 atom stereocenters. The Morgan fingerprint density at radius 2 is 1.31 bits per heavy atom. The van der Waals surface area contributed by atoms with Crippen LogP contribution in [0.25, 0.3) is 0 Å². The van der Waals surface area contributed by atoms with Crippen LogP contribution in [-0.4, -0.2) is 23.4 Å². The van der Waals surface area contributed by atoms with E-state index in [1.165, 1.54) is 18.2 Å². The van der Waals surface area contributed by atoms with Gasteiger partial charge in [-0.05, 0) is 49.4 Å². The van der Waals surface area contributed by atoms with Crippen molar-refractivity contribution in [1.82, 2.24) is 0 Å². The van der Waals surface area contributed by atoms with E-state index in [0.717, 1.165) is 15.9 Å². The van der Waals surface area contributed by atoms with Gasteiger partial charge in [-0.1, -0.05) is 54.6 Å². The van der Waals surface area contributed by atoms with Crippen LogP contribution in [0.2, 0.25) is 0 Å². The second-order valence-corrected chi connectivity index (χ2v) is 12.1. The predicted molar refractivity (Wildman–Crippen MR) is 152 cm³/mol. The van der Waals surface area contributed by atoms with E-state index in [0.29, 0.717) is 17.4 Å². The Morgan fingerprint density at radius 1 is 0.821 bits per heavy atom. The number of anilines is 1. The van der Waals surface area contributed by atoms with Crippen molar-refractivity contribution in [2.24, 2.45) is 0 Å². The van der Waals surface area contributed by atoms with Gasteiger partial charge in [-0.3, -0.25) is 19.7 Å². The van der Waals surface area contributed by atoms with Crippen molar-refractivity contribution in [3.05, 3.63) is 125 Å². The largest absolute Gasteiger partial charge is 1.00 e. The number of carbonyl (C=O) groups is 2. The van der Waals surface area contributed by atoms with Gasteiger partial charge in [0.2, 0.25) is 5.91 Å². The van der Waals surface area contributed by atoms with E-state index >= 15 is 0 Å². The Balaban J connectivity index is 0.00000420. The smallest absolute Gasteiger partial charge is 0.315 e. The number of ether oxygens (including phenoxy) is 1. The van der Waals surface area contributed by atoms with Gasteiger partial charge in [0.15, 0.2) is 0 Å². The van der Waals surface area contributed by atoms with Crippen LogP contribution in [0.15, 0.2) is 109 Å². The number of nitro benzene ring substituents is 1. The minimum Gasteiger partial charge on any atom is -1.00 e. The summed E-state index contributed by atoms with van der Waals surface area (Å²) in [6.07, 6.45) is -0.0254. The predicted octanol–water partition coefficient (Wildman–Crippen LogP) is 1.98. The average Bonchev–Trinajstić information content (AvgIpc) is 2.94. The Hall–Kier alpha value is -3.87. The fourth-order valence-electron chi connectivity index (χ4n) is 4.51. The highest BCUT2D eigenvalue weighted by Crippen LogP contribution is 2.59. The van der Waals surface area contributed by atoms with Crippen molar-refractivity contribution in [2.45, 2.75) is 19.5 Å². The Morgan fingerprint density at radius 3 is 1.74 bits per heavy atom. The molecule has 1 N–H and O–H groups in total. The fraction of sp³-hybridized carbons (Fsp3) is 0.133. The van der Waals surface area contributed by atoms with Gasteiger partial charge in [-0.15, -0.1) is 0 Å². The molecule has 4 rings (SSSR count). The number of carbonyl (C=O) groups excluding carboxylic acids is 2. The molecule has 200 valence electrons. The molecule has 1 amide bonds. The van der Waals surface area contributed by atoms with Crippen LogP contribution in [0.5, 0.6) is 0 Å². The molecule has 0 bridgehead atoms. The van der Waals surface area contributed by atoms with Gasteiger partial charge in [-0.2, -0.15) is 0 Å². The quantitative estimate of drug-likeness (QED) is 0.0979. The lowest BCUT2D eigenvalue weighted by molar-refractivity contribution is -0.384. The molecule has 0 aliphatic heterocycles. The van der Waals surface area contributed by atoms with Crippen LogP contribution in [-0.2, 0) is 20.5 Å². The van der Waals surface area contributed by atoms with E-state index in [1.807, 2.05) is 54.6 Å². The summed E-state index contributed by atoms with van der Waals surface area (Å²) >= 11 is 0. The maximum Gasteiger partial charge on any atom is 0.315 e. The third-order valence-electron chi connectivity index (χ3n) is 6.18. The summed E-state index contributed by atoms with van der Waals surface area (Å²) in [5, 5.41) is 17.9. The van der Waals surface area contributed by atoms with E-state index in [-0.39, 0.29) is 29.3 Å². The molecule has 4 aromatic rings. The third kappa shape index (κ3) is 6.96. The van der Waals surface area contributed by atoms with Gasteiger partial charge in [0.05, 0.1) is 11.5 Å². The van der Waals surface area contributed by atoms with Crippen molar-refractivity contribution in [3.63, 3.8) is 0 Å². The van der Waals surface area contributed by atoms with Gasteiger partial charge in [0, 0.05) is 23.4 Å². The molecule has 0 radical (unpaired) electrons. The molecule has 0 heterocycles. The van der Waals surface area contributed by atoms with Gasteiger partial charge in [-0.25, -0.2) is 0 Å². The molecule has 39 heavy (non-hydrogen) atoms. The molecule has 0 fully saturated rings. The van der Waals surface area contributed by atoms with E-state index in [2.05, 4.69) is 41.7 Å². The highest BCUT2D eigenvalue weighted by molar-refractivity contribution is 7.95. The number of benzene rings is 4. The molecule has 4 aromatic carbocycles. The minimum atomic E-state index is -2.40. The number of esters is 1. The third-order valence-corrected chi connectivity index (χ3v) is 10.5. The molecule has 0 saturated carbocycles. The molecule has 0 aromatic heterocycles. The molecule has 0 spiro atoms. The number of nitrogens with zero attached hydrogens (tertiary/aromatic N) is 1. The first kappa shape index (κ1) is 29.7. The van der Waals surface area contributed by atoms with Crippen LogP contribution >= 0.6 is 7.26 Å². The highest BCUT2D eigenvalue weighted by atomic mass is 79.9. The summed E-state index contributed by atoms with van der Waals surface area (Å²) < 4.78 is 4.90. The molecule has 0 saturated heterocycles. The number of rotatable bonds is 10. The second-order valence-electron chi connectivity index (χ2n) is 8.60. The number of non-ortho nitro benzene ring substituents is 1. The molecule has 0 unspecified atom stereocenters. The SMILES string of the molecule is CCOC(=O)CC(=O)Nc1ccc([N+](=O)[O-])cc1C[P+](c1ccccc1)(c1ccccc1)c1ccccc1.[Br-]. The van der Waals surface area contributed by atoms with Gasteiger partial charge in [0.25, 0.3) is 5.69 Å². The Labute approximate surface area is 238 Å². The van der Waals surface area contributed by atoms with Crippen molar-refractivity contribution < 1.29 is 36.2 Å². The maximum atomic E-state index is 12.7. The van der Waals surface area contributed by atoms with Gasteiger partial charge < -0.3 is 27.0 Å². The topological polar surface area (TPSA) is 98.5 Å². The van der Waals surface area contributed by atoms with Crippen LogP contribution in [0.4, 0.5) is 11.4 Å². The number of nitrogens with one attached hydrogen (secondary N) is 1. The lowest BCUT2D eigenvalue weighted by atomic mass is 10.1. The van der Waals surface area contributed by atoms with Crippen LogP contribution in [0.3, 0.4) is 0 Å². The number of amides is 1. The fourth-order valence-corrected chi connectivity index (χ4v) is 8.77. The Bertz CT molecular complexity index is 1320. The molecule has 0 aliphatic rings. The lowest BCUT2D eigenvalue weighted by Gasteiger charge is -2.28. The summed E-state index contributed by atoms with van der Waals surface area (Å²) in [6.45, 7) is 1.84. The molecule has 9 heteroatoms. The standard InChI is InChI=1S/C30H27N2O5P.BrH/c1-2-37-30(34)21-29(33)31-28-19-18-24(32(35)36)20-23(28)22-38(25-12-6-3-7-13-25,26-14-8-4-9-15-26)27-16-10-5-11-17-27;/h3-20H,2,21-22H2,1H3;1H. The van der Waals surface area contributed by atoms with Crippen LogP contribution < -0.4 is 38.2 Å². The first-order chi connectivity index (χ1) is 18.4. The molecular formula is C30H28BrN2O5P. The Kier molecular flexibility index (Phi) is 10.5. The number of nitro groups is 1. The monoisotopic (exact) mass is 606 g/mol. The maximum absolute atomic E-state index is 12.7. The summed E-state index contributed by atoms with van der Waals surface area (Å²) in [5.74, 6) is -1.17.